The fourth-order valence-corrected chi connectivity index (χ4v) is 3.14. The van der Waals surface area contributed by atoms with Crippen molar-refractivity contribution in [2.75, 3.05) is 5.32 Å². The molecule has 0 aliphatic carbocycles. The van der Waals surface area contributed by atoms with E-state index in [-0.39, 0.29) is 5.69 Å². The highest BCUT2D eigenvalue weighted by atomic mass is 79.9. The zero-order valence-corrected chi connectivity index (χ0v) is 12.9. The standard InChI is InChI=1S/C10H7Br2N3O2S/c11-6-1-8(18-5-6)4-14-10-9(12)2-7(3-13-10)15(16)17/h1-3,5H,4H2,(H,13,14). The van der Waals surface area contributed by atoms with Crippen molar-refractivity contribution in [3.63, 3.8) is 0 Å². The number of nitrogens with zero attached hydrogens (tertiary/aromatic N) is 2. The number of hydrogen-bond donors (Lipinski definition) is 1. The second-order valence-electron chi connectivity index (χ2n) is 3.37. The highest BCUT2D eigenvalue weighted by molar-refractivity contribution is 9.10. The van der Waals surface area contributed by atoms with Gasteiger partial charge in [0.1, 0.15) is 12.0 Å². The van der Waals surface area contributed by atoms with Crippen molar-refractivity contribution in [1.82, 2.24) is 4.98 Å². The Bertz CT molecular complexity index is 588. The summed E-state index contributed by atoms with van der Waals surface area (Å²) in [7, 11) is 0. The van der Waals surface area contributed by atoms with Crippen LogP contribution in [0.25, 0.3) is 0 Å². The molecular formula is C10H7Br2N3O2S. The van der Waals surface area contributed by atoms with Crippen LogP contribution in [0.3, 0.4) is 0 Å². The van der Waals surface area contributed by atoms with Gasteiger partial charge in [-0.25, -0.2) is 4.98 Å². The number of nitrogens with one attached hydrogen (secondary N) is 1. The number of rotatable bonds is 4. The molecule has 2 heterocycles. The molecule has 2 aromatic heterocycles. The molecule has 0 saturated carbocycles. The van der Waals surface area contributed by atoms with E-state index in [1.807, 2.05) is 11.4 Å². The minimum absolute atomic E-state index is 0.0358. The molecule has 0 fully saturated rings. The van der Waals surface area contributed by atoms with Gasteiger partial charge in [-0.05, 0) is 37.9 Å². The fourth-order valence-electron chi connectivity index (χ4n) is 1.28. The Morgan fingerprint density at radius 2 is 2.22 bits per heavy atom. The number of thiophene rings is 1. The first-order valence-corrected chi connectivity index (χ1v) is 7.29. The van der Waals surface area contributed by atoms with E-state index in [1.54, 1.807) is 11.3 Å². The van der Waals surface area contributed by atoms with Gasteiger partial charge in [0.15, 0.2) is 0 Å². The second-order valence-corrected chi connectivity index (χ2v) is 6.13. The smallest absolute Gasteiger partial charge is 0.288 e. The summed E-state index contributed by atoms with van der Waals surface area (Å²) in [6, 6.07) is 3.44. The molecule has 2 aromatic rings. The lowest BCUT2D eigenvalue weighted by atomic mass is 10.4. The van der Waals surface area contributed by atoms with Crippen LogP contribution in [-0.2, 0) is 6.54 Å². The molecule has 0 saturated heterocycles. The Balaban J connectivity index is 2.08. The van der Waals surface area contributed by atoms with Gasteiger partial charge >= 0.3 is 0 Å². The van der Waals surface area contributed by atoms with Crippen LogP contribution in [0.15, 0.2) is 32.7 Å². The van der Waals surface area contributed by atoms with Crippen molar-refractivity contribution in [2.24, 2.45) is 0 Å². The van der Waals surface area contributed by atoms with E-state index in [0.717, 1.165) is 9.35 Å². The SMILES string of the molecule is O=[N+]([O-])c1cnc(NCc2cc(Br)cs2)c(Br)c1. The van der Waals surface area contributed by atoms with Gasteiger partial charge < -0.3 is 5.32 Å². The van der Waals surface area contributed by atoms with Gasteiger partial charge in [0.05, 0.1) is 15.9 Å². The molecule has 94 valence electrons. The minimum Gasteiger partial charge on any atom is -0.364 e. The van der Waals surface area contributed by atoms with Gasteiger partial charge in [0, 0.05) is 20.8 Å². The summed E-state index contributed by atoms with van der Waals surface area (Å²) in [6.45, 7) is 0.625. The largest absolute Gasteiger partial charge is 0.364 e. The predicted molar refractivity (Wildman–Crippen MR) is 77.9 cm³/mol. The summed E-state index contributed by atoms with van der Waals surface area (Å²) in [5.41, 5.74) is -0.0358. The molecule has 0 unspecified atom stereocenters. The quantitative estimate of drug-likeness (QED) is 0.625. The highest BCUT2D eigenvalue weighted by Crippen LogP contribution is 2.26. The number of halogens is 2. The molecule has 0 bridgehead atoms. The molecule has 0 atom stereocenters. The van der Waals surface area contributed by atoms with E-state index in [0.29, 0.717) is 16.8 Å². The van der Waals surface area contributed by atoms with E-state index in [2.05, 4.69) is 42.2 Å². The summed E-state index contributed by atoms with van der Waals surface area (Å²) in [5, 5.41) is 15.7. The molecule has 1 N–H and O–H groups in total. The molecule has 0 amide bonds. The maximum atomic E-state index is 10.6. The van der Waals surface area contributed by atoms with Crippen molar-refractivity contribution in [1.29, 1.82) is 0 Å². The molecule has 5 nitrogen and oxygen atoms in total. The van der Waals surface area contributed by atoms with Crippen LogP contribution in [0.4, 0.5) is 11.5 Å². The first kappa shape index (κ1) is 13.4. The van der Waals surface area contributed by atoms with Crippen molar-refractivity contribution < 1.29 is 4.92 Å². The zero-order chi connectivity index (χ0) is 13.1. The van der Waals surface area contributed by atoms with Crippen molar-refractivity contribution >= 4 is 54.7 Å². The average molecular weight is 393 g/mol. The van der Waals surface area contributed by atoms with E-state index in [9.17, 15) is 10.1 Å². The minimum atomic E-state index is -0.474. The highest BCUT2D eigenvalue weighted by Gasteiger charge is 2.10. The van der Waals surface area contributed by atoms with Crippen LogP contribution in [-0.4, -0.2) is 9.91 Å². The monoisotopic (exact) mass is 391 g/mol. The Morgan fingerprint density at radius 1 is 1.44 bits per heavy atom. The number of nitro groups is 1. The Kier molecular flexibility index (Phi) is 4.31. The van der Waals surface area contributed by atoms with Gasteiger partial charge in [-0.15, -0.1) is 11.3 Å². The summed E-state index contributed by atoms with van der Waals surface area (Å²) in [4.78, 5) is 15.3. The molecule has 0 spiro atoms. The lowest BCUT2D eigenvalue weighted by Crippen LogP contribution is -2.01. The number of hydrogen-bond acceptors (Lipinski definition) is 5. The Hall–Kier alpha value is -0.990. The third-order valence-corrected chi connectivity index (χ3v) is 4.39. The molecule has 8 heteroatoms. The van der Waals surface area contributed by atoms with E-state index >= 15 is 0 Å². The van der Waals surface area contributed by atoms with Gasteiger partial charge in [-0.3, -0.25) is 10.1 Å². The number of pyridine rings is 1. The van der Waals surface area contributed by atoms with Crippen molar-refractivity contribution in [3.8, 4) is 0 Å². The zero-order valence-electron chi connectivity index (χ0n) is 8.89. The molecular weight excluding hydrogens is 386 g/mol. The van der Waals surface area contributed by atoms with E-state index in [1.165, 1.54) is 12.3 Å². The van der Waals surface area contributed by atoms with Crippen LogP contribution in [0.5, 0.6) is 0 Å². The molecule has 2 rings (SSSR count). The van der Waals surface area contributed by atoms with E-state index in [4.69, 9.17) is 0 Å². The number of anilines is 1. The molecule has 18 heavy (non-hydrogen) atoms. The predicted octanol–water partition coefficient (Wildman–Crippen LogP) is 4.19. The normalized spacial score (nSPS) is 10.3. The average Bonchev–Trinajstić information content (AvgIpc) is 2.73. The maximum absolute atomic E-state index is 10.6. The van der Waals surface area contributed by atoms with Gasteiger partial charge in [0.25, 0.3) is 5.69 Å². The lowest BCUT2D eigenvalue weighted by Gasteiger charge is -2.05. The third-order valence-electron chi connectivity index (χ3n) is 2.09. The topological polar surface area (TPSA) is 68.1 Å². The lowest BCUT2D eigenvalue weighted by molar-refractivity contribution is -0.385. The first-order valence-electron chi connectivity index (χ1n) is 4.83. The second kappa shape index (κ2) is 5.77. The summed E-state index contributed by atoms with van der Waals surface area (Å²) in [5.74, 6) is 0.588. The van der Waals surface area contributed by atoms with Gasteiger partial charge in [-0.1, -0.05) is 0 Å². The van der Waals surface area contributed by atoms with Gasteiger partial charge in [0.2, 0.25) is 0 Å². The fraction of sp³-hybridized carbons (Fsp3) is 0.100. The Morgan fingerprint density at radius 3 is 2.78 bits per heavy atom. The van der Waals surface area contributed by atoms with Crippen LogP contribution >= 0.6 is 43.2 Å². The number of aromatic nitrogens is 1. The summed E-state index contributed by atoms with van der Waals surface area (Å²) >= 11 is 8.26. The van der Waals surface area contributed by atoms with Crippen LogP contribution in [0, 0.1) is 10.1 Å². The molecule has 0 radical (unpaired) electrons. The molecule has 0 aliphatic heterocycles. The van der Waals surface area contributed by atoms with E-state index < -0.39 is 4.92 Å². The summed E-state index contributed by atoms with van der Waals surface area (Å²) < 4.78 is 1.62. The summed E-state index contributed by atoms with van der Waals surface area (Å²) in [6.07, 6.45) is 1.23. The molecule has 0 aromatic carbocycles. The van der Waals surface area contributed by atoms with Gasteiger partial charge in [-0.2, -0.15) is 0 Å². The van der Waals surface area contributed by atoms with Crippen LogP contribution in [0.1, 0.15) is 4.88 Å². The van der Waals surface area contributed by atoms with Crippen LogP contribution < -0.4 is 5.32 Å². The molecule has 0 aliphatic rings. The van der Waals surface area contributed by atoms with Crippen LogP contribution in [0.2, 0.25) is 0 Å². The maximum Gasteiger partial charge on any atom is 0.288 e. The first-order chi connectivity index (χ1) is 8.56. The Labute approximate surface area is 124 Å². The van der Waals surface area contributed by atoms with Crippen molar-refractivity contribution in [2.45, 2.75) is 6.54 Å². The van der Waals surface area contributed by atoms with Crippen molar-refractivity contribution in [3.05, 3.63) is 47.6 Å². The third kappa shape index (κ3) is 3.27.